The van der Waals surface area contributed by atoms with Crippen LogP contribution in [0.1, 0.15) is 20.8 Å². The third-order valence-corrected chi connectivity index (χ3v) is 2.21. The molecular formula is C9H17N3O7. The number of carboxylic acid groups (broad SMARTS) is 1. The van der Waals surface area contributed by atoms with Gasteiger partial charge in [-0.25, -0.2) is 9.59 Å². The molecule has 0 aromatic rings. The average Bonchev–Trinajstić information content (AvgIpc) is 2.33. The normalized spacial score (nSPS) is 11.7. The van der Waals surface area contributed by atoms with Crippen LogP contribution in [0.2, 0.25) is 0 Å². The first kappa shape index (κ1) is 16.7. The number of hydrogen-bond donors (Lipinski definition) is 1. The number of nitrogens with zero attached hydrogens (tertiary/aromatic N) is 3. The molecule has 0 aliphatic rings. The first-order valence-electron chi connectivity index (χ1n) is 5.30. The van der Waals surface area contributed by atoms with Crippen LogP contribution in [0.4, 0.5) is 4.79 Å². The molecule has 10 nitrogen and oxygen atoms in total. The predicted octanol–water partition coefficient (Wildman–Crippen LogP) is 0.721. The molecule has 0 rings (SSSR count). The van der Waals surface area contributed by atoms with Crippen LogP contribution in [0.3, 0.4) is 0 Å². The van der Waals surface area contributed by atoms with E-state index in [9.17, 15) is 14.8 Å². The van der Waals surface area contributed by atoms with Crippen molar-refractivity contribution in [2.24, 2.45) is 5.28 Å². The van der Waals surface area contributed by atoms with Gasteiger partial charge >= 0.3 is 12.1 Å². The molecule has 0 fully saturated rings. The average molecular weight is 279 g/mol. The largest absolute Gasteiger partial charge is 0.569 e. The number of carbonyl (C=O) groups excluding carboxylic acids is 1. The van der Waals surface area contributed by atoms with Gasteiger partial charge in [0.1, 0.15) is 0 Å². The maximum absolute atomic E-state index is 11.4. The highest BCUT2D eigenvalue weighted by atomic mass is 16.8. The zero-order chi connectivity index (χ0) is 15.1. The number of hydrogen-bond acceptors (Lipinski definition) is 7. The Hall–Kier alpha value is -2.26. The summed E-state index contributed by atoms with van der Waals surface area (Å²) in [4.78, 5) is 25.9. The van der Waals surface area contributed by atoms with Gasteiger partial charge in [-0.05, 0) is 20.8 Å². The Morgan fingerprint density at radius 1 is 1.42 bits per heavy atom. The standard InChI is InChI=1S/C9H17N3O7/c1-5-17-8(15)18-6-19-10-12(16)11(4)9(2,3)7(13)14/h5-6H2,1-4H3,(H,13,14). The number of rotatable bonds is 7. The van der Waals surface area contributed by atoms with Gasteiger partial charge in [-0.15, -0.1) is 5.01 Å². The van der Waals surface area contributed by atoms with Crippen LogP contribution in [0.5, 0.6) is 0 Å². The Labute approximate surface area is 109 Å². The van der Waals surface area contributed by atoms with Gasteiger partial charge < -0.3 is 24.6 Å². The second-order valence-electron chi connectivity index (χ2n) is 3.80. The second-order valence-corrected chi connectivity index (χ2v) is 3.80. The molecule has 0 bridgehead atoms. The van der Waals surface area contributed by atoms with Gasteiger partial charge in [0.25, 0.3) is 6.79 Å². The summed E-state index contributed by atoms with van der Waals surface area (Å²) in [5, 5.41) is 24.1. The molecule has 0 aromatic carbocycles. The summed E-state index contributed by atoms with van der Waals surface area (Å²) < 4.78 is 8.79. The van der Waals surface area contributed by atoms with E-state index in [0.717, 1.165) is 5.01 Å². The van der Waals surface area contributed by atoms with Gasteiger partial charge in [-0.1, -0.05) is 0 Å². The molecule has 19 heavy (non-hydrogen) atoms. The SMILES string of the molecule is CCOC(=O)OCON=[N+]([O-])N(C)C(C)(C)C(=O)O. The zero-order valence-corrected chi connectivity index (χ0v) is 11.2. The van der Waals surface area contributed by atoms with E-state index < -0.39 is 24.5 Å². The Kier molecular flexibility index (Phi) is 6.38. The highest BCUT2D eigenvalue weighted by Crippen LogP contribution is 2.12. The van der Waals surface area contributed by atoms with Gasteiger partial charge in [0.15, 0.2) is 5.54 Å². The molecule has 0 amide bonds. The molecule has 0 heterocycles. The van der Waals surface area contributed by atoms with E-state index >= 15 is 0 Å². The molecule has 110 valence electrons. The van der Waals surface area contributed by atoms with E-state index in [2.05, 4.69) is 19.6 Å². The molecule has 0 aliphatic heterocycles. The summed E-state index contributed by atoms with van der Waals surface area (Å²) in [5.41, 5.74) is -1.48. The Balaban J connectivity index is 4.27. The maximum Gasteiger partial charge on any atom is 0.511 e. The van der Waals surface area contributed by atoms with E-state index in [1.807, 2.05) is 0 Å². The van der Waals surface area contributed by atoms with E-state index in [1.54, 1.807) is 6.92 Å². The number of carbonyl (C=O) groups is 2. The van der Waals surface area contributed by atoms with Crippen molar-refractivity contribution in [2.75, 3.05) is 20.4 Å². The van der Waals surface area contributed by atoms with Crippen LogP contribution >= 0.6 is 0 Å². The number of likely N-dealkylation sites (N-methyl/N-ethyl adjacent to an activating group) is 1. The number of hydrazine groups is 1. The van der Waals surface area contributed by atoms with Gasteiger partial charge in [-0.3, -0.25) is 0 Å². The van der Waals surface area contributed by atoms with Crippen LogP contribution in [-0.2, 0) is 19.1 Å². The minimum atomic E-state index is -1.48. The Morgan fingerprint density at radius 3 is 2.47 bits per heavy atom. The van der Waals surface area contributed by atoms with Crippen molar-refractivity contribution < 1.29 is 34.0 Å². The van der Waals surface area contributed by atoms with Gasteiger partial charge in [0, 0.05) is 0 Å². The molecule has 0 saturated heterocycles. The summed E-state index contributed by atoms with van der Waals surface area (Å²) in [6, 6.07) is 0. The lowest BCUT2D eigenvalue weighted by molar-refractivity contribution is -0.718. The lowest BCUT2D eigenvalue weighted by Crippen LogP contribution is -2.50. The third kappa shape index (κ3) is 5.27. The van der Waals surface area contributed by atoms with Crippen molar-refractivity contribution in [3.8, 4) is 0 Å². The second kappa shape index (κ2) is 7.24. The zero-order valence-electron chi connectivity index (χ0n) is 11.2. The van der Waals surface area contributed by atoms with Gasteiger partial charge in [-0.2, -0.15) is 0 Å². The first-order chi connectivity index (χ1) is 8.73. The molecule has 0 saturated carbocycles. The van der Waals surface area contributed by atoms with Crippen LogP contribution in [-0.4, -0.2) is 53.2 Å². The smallest absolute Gasteiger partial charge is 0.511 e. The molecule has 0 unspecified atom stereocenters. The number of carboxylic acids is 1. The summed E-state index contributed by atoms with van der Waals surface area (Å²) in [5.74, 6) is -1.21. The molecule has 10 heteroatoms. The summed E-state index contributed by atoms with van der Waals surface area (Å²) in [6.45, 7) is 3.72. The van der Waals surface area contributed by atoms with E-state index in [4.69, 9.17) is 5.11 Å². The fraction of sp³-hybridized carbons (Fsp3) is 0.778. The van der Waals surface area contributed by atoms with Crippen LogP contribution in [0, 0.1) is 5.21 Å². The van der Waals surface area contributed by atoms with E-state index in [-0.39, 0.29) is 11.6 Å². The van der Waals surface area contributed by atoms with Crippen molar-refractivity contribution in [2.45, 2.75) is 26.3 Å². The molecule has 0 aliphatic carbocycles. The topological polar surface area (TPSA) is 124 Å². The molecule has 0 aromatic heterocycles. The van der Waals surface area contributed by atoms with Crippen molar-refractivity contribution in [1.82, 2.24) is 5.01 Å². The summed E-state index contributed by atoms with van der Waals surface area (Å²) >= 11 is 0. The number of aliphatic carboxylic acids is 1. The van der Waals surface area contributed by atoms with Crippen molar-refractivity contribution in [3.63, 3.8) is 0 Å². The van der Waals surface area contributed by atoms with Crippen LogP contribution in [0.15, 0.2) is 5.28 Å². The Bertz CT molecular complexity index is 356. The molecule has 0 spiro atoms. The minimum Gasteiger partial charge on any atom is -0.569 e. The molecule has 1 N–H and O–H groups in total. The van der Waals surface area contributed by atoms with E-state index in [1.165, 1.54) is 20.9 Å². The van der Waals surface area contributed by atoms with Crippen molar-refractivity contribution in [3.05, 3.63) is 5.21 Å². The predicted molar refractivity (Wildman–Crippen MR) is 59.6 cm³/mol. The lowest BCUT2D eigenvalue weighted by Gasteiger charge is -2.26. The number of ether oxygens (including phenoxy) is 2. The molecule has 0 radical (unpaired) electrons. The van der Waals surface area contributed by atoms with Gasteiger partial charge in [0.05, 0.1) is 18.6 Å². The van der Waals surface area contributed by atoms with Crippen molar-refractivity contribution in [1.29, 1.82) is 0 Å². The maximum atomic E-state index is 11.4. The van der Waals surface area contributed by atoms with E-state index in [0.29, 0.717) is 0 Å². The fourth-order valence-corrected chi connectivity index (χ4v) is 0.714. The summed E-state index contributed by atoms with van der Waals surface area (Å²) in [7, 11) is 1.22. The molecular weight excluding hydrogens is 262 g/mol. The Morgan fingerprint density at radius 2 is 2.00 bits per heavy atom. The van der Waals surface area contributed by atoms with Crippen molar-refractivity contribution >= 4 is 12.1 Å². The monoisotopic (exact) mass is 279 g/mol. The highest BCUT2D eigenvalue weighted by Gasteiger charge is 2.38. The lowest BCUT2D eigenvalue weighted by atomic mass is 10.1. The third-order valence-electron chi connectivity index (χ3n) is 2.21. The molecule has 0 atom stereocenters. The first-order valence-corrected chi connectivity index (χ1v) is 5.30. The fourth-order valence-electron chi connectivity index (χ4n) is 0.714. The quantitative estimate of drug-likeness (QED) is 0.180. The van der Waals surface area contributed by atoms with Crippen LogP contribution < -0.4 is 0 Å². The highest BCUT2D eigenvalue weighted by molar-refractivity contribution is 5.77. The van der Waals surface area contributed by atoms with Crippen LogP contribution in [0.25, 0.3) is 0 Å². The summed E-state index contributed by atoms with van der Waals surface area (Å²) in [6.07, 6.45) is -0.964. The van der Waals surface area contributed by atoms with Gasteiger partial charge in [0.2, 0.25) is 5.28 Å². The minimum absolute atomic E-state index is 0.0668.